The highest BCUT2D eigenvalue weighted by molar-refractivity contribution is 6.01. The molecule has 0 unspecified atom stereocenters. The average Bonchev–Trinajstić information content (AvgIpc) is 2.53. The number of halogens is 1. The molecule has 2 aromatic carbocycles. The van der Waals surface area contributed by atoms with Gasteiger partial charge < -0.3 is 4.90 Å². The molecule has 6 heteroatoms. The highest BCUT2D eigenvalue weighted by atomic mass is 19.1. The quantitative estimate of drug-likeness (QED) is 0.945. The fourth-order valence-corrected chi connectivity index (χ4v) is 2.26. The first-order chi connectivity index (χ1) is 10.6. The molecule has 22 heavy (non-hydrogen) atoms. The number of urea groups is 1. The highest BCUT2D eigenvalue weighted by Crippen LogP contribution is 2.17. The van der Waals surface area contributed by atoms with Crippen molar-refractivity contribution in [3.05, 3.63) is 66.0 Å². The topological polar surface area (TPSA) is 52.7 Å². The first kappa shape index (κ1) is 14.1. The van der Waals surface area contributed by atoms with E-state index >= 15 is 0 Å². The van der Waals surface area contributed by atoms with Gasteiger partial charge in [-0.05, 0) is 29.8 Å². The van der Waals surface area contributed by atoms with Crippen molar-refractivity contribution in [3.63, 3.8) is 0 Å². The van der Waals surface area contributed by atoms with Crippen molar-refractivity contribution in [2.45, 2.75) is 6.54 Å². The zero-order chi connectivity index (χ0) is 15.5. The fraction of sp³-hybridized carbons (Fsp3) is 0.125. The first-order valence-electron chi connectivity index (χ1n) is 6.81. The largest absolute Gasteiger partial charge is 0.337 e. The summed E-state index contributed by atoms with van der Waals surface area (Å²) in [5.41, 5.74) is 3.90. The standard InChI is InChI=1S/C16H14FN3O2/c17-13-6-8-14(9-7-13)20-15(21)11-19(16(22)18-20)10-12-4-2-1-3-5-12/h1-9H,10-11H2,(H,18,22). The van der Waals surface area contributed by atoms with Crippen molar-refractivity contribution < 1.29 is 14.0 Å². The lowest BCUT2D eigenvalue weighted by Gasteiger charge is -2.34. The Morgan fingerprint density at radius 3 is 2.36 bits per heavy atom. The van der Waals surface area contributed by atoms with Crippen LogP contribution in [-0.2, 0) is 11.3 Å². The SMILES string of the molecule is O=C1NN(c2ccc(F)cc2)C(=O)CN1Cc1ccccc1. The minimum atomic E-state index is -0.398. The van der Waals surface area contributed by atoms with Crippen LogP contribution in [0.2, 0.25) is 0 Å². The number of hydrazine groups is 1. The Labute approximate surface area is 126 Å². The van der Waals surface area contributed by atoms with Crippen molar-refractivity contribution in [1.82, 2.24) is 10.3 Å². The van der Waals surface area contributed by atoms with Crippen LogP contribution in [-0.4, -0.2) is 23.4 Å². The molecule has 1 aliphatic heterocycles. The van der Waals surface area contributed by atoms with E-state index in [-0.39, 0.29) is 18.5 Å². The Morgan fingerprint density at radius 1 is 1.00 bits per heavy atom. The van der Waals surface area contributed by atoms with Crippen molar-refractivity contribution in [1.29, 1.82) is 0 Å². The normalized spacial score (nSPS) is 15.0. The summed E-state index contributed by atoms with van der Waals surface area (Å²) >= 11 is 0. The van der Waals surface area contributed by atoms with Crippen LogP contribution in [0.1, 0.15) is 5.56 Å². The lowest BCUT2D eigenvalue weighted by molar-refractivity contribution is -0.121. The molecule has 0 bridgehead atoms. The summed E-state index contributed by atoms with van der Waals surface area (Å²) in [6.45, 7) is 0.327. The van der Waals surface area contributed by atoms with Gasteiger partial charge in [0.05, 0.1) is 5.69 Å². The number of carbonyl (C=O) groups excluding carboxylic acids is 2. The lowest BCUT2D eigenvalue weighted by atomic mass is 10.2. The molecule has 3 amide bonds. The van der Waals surface area contributed by atoms with Crippen LogP contribution < -0.4 is 10.4 Å². The summed E-state index contributed by atoms with van der Waals surface area (Å²) < 4.78 is 12.9. The monoisotopic (exact) mass is 299 g/mol. The van der Waals surface area contributed by atoms with Crippen LogP contribution in [0.15, 0.2) is 54.6 Å². The molecule has 1 fully saturated rings. The number of nitrogens with one attached hydrogen (secondary N) is 1. The van der Waals surface area contributed by atoms with E-state index in [1.165, 1.54) is 29.2 Å². The van der Waals surface area contributed by atoms with Gasteiger partial charge in [-0.2, -0.15) is 0 Å². The van der Waals surface area contributed by atoms with Gasteiger partial charge in [0.25, 0.3) is 5.91 Å². The molecule has 112 valence electrons. The van der Waals surface area contributed by atoms with E-state index in [0.29, 0.717) is 12.2 Å². The van der Waals surface area contributed by atoms with Crippen molar-refractivity contribution in [2.24, 2.45) is 0 Å². The van der Waals surface area contributed by atoms with Gasteiger partial charge in [-0.15, -0.1) is 0 Å². The predicted molar refractivity (Wildman–Crippen MR) is 79.3 cm³/mol. The van der Waals surface area contributed by atoms with Crippen molar-refractivity contribution >= 4 is 17.6 Å². The molecular weight excluding hydrogens is 285 g/mol. The van der Waals surface area contributed by atoms with Crippen LogP contribution in [0.5, 0.6) is 0 Å². The third-order valence-corrected chi connectivity index (χ3v) is 3.37. The zero-order valence-electron chi connectivity index (χ0n) is 11.7. The summed E-state index contributed by atoms with van der Waals surface area (Å²) in [6, 6.07) is 14.4. The van der Waals surface area contributed by atoms with Gasteiger partial charge in [-0.3, -0.25) is 4.79 Å². The molecule has 3 rings (SSSR count). The van der Waals surface area contributed by atoms with Crippen LogP contribution >= 0.6 is 0 Å². The zero-order valence-corrected chi connectivity index (χ0v) is 11.7. The van der Waals surface area contributed by atoms with Gasteiger partial charge in [0.1, 0.15) is 12.4 Å². The second-order valence-corrected chi connectivity index (χ2v) is 4.96. The van der Waals surface area contributed by atoms with E-state index in [1.807, 2.05) is 30.3 Å². The molecule has 0 saturated carbocycles. The molecule has 0 atom stereocenters. The van der Waals surface area contributed by atoms with E-state index in [0.717, 1.165) is 10.6 Å². The number of benzene rings is 2. The molecule has 0 aliphatic carbocycles. The van der Waals surface area contributed by atoms with E-state index in [9.17, 15) is 14.0 Å². The minimum absolute atomic E-state index is 0.0297. The second-order valence-electron chi connectivity index (χ2n) is 4.96. The molecule has 1 N–H and O–H groups in total. The van der Waals surface area contributed by atoms with Gasteiger partial charge in [0.15, 0.2) is 0 Å². The summed E-state index contributed by atoms with van der Waals surface area (Å²) in [5, 5.41) is 1.14. The molecular formula is C16H14FN3O2. The lowest BCUT2D eigenvalue weighted by Crippen LogP contribution is -2.60. The third kappa shape index (κ3) is 2.90. The summed E-state index contributed by atoms with van der Waals surface area (Å²) in [4.78, 5) is 25.8. The molecule has 0 spiro atoms. The minimum Gasteiger partial charge on any atom is -0.310 e. The first-order valence-corrected chi connectivity index (χ1v) is 6.81. The maximum Gasteiger partial charge on any atom is 0.337 e. The number of rotatable bonds is 3. The van der Waals surface area contributed by atoms with Crippen molar-refractivity contribution in [2.75, 3.05) is 11.6 Å². The molecule has 5 nitrogen and oxygen atoms in total. The highest BCUT2D eigenvalue weighted by Gasteiger charge is 2.30. The Balaban J connectivity index is 1.73. The van der Waals surface area contributed by atoms with Gasteiger partial charge in [0, 0.05) is 6.54 Å². The van der Waals surface area contributed by atoms with Gasteiger partial charge in [-0.25, -0.2) is 19.6 Å². The molecule has 1 aliphatic rings. The Hall–Kier alpha value is -2.89. The smallest absolute Gasteiger partial charge is 0.310 e. The maximum atomic E-state index is 12.9. The average molecular weight is 299 g/mol. The molecule has 0 aromatic heterocycles. The molecule has 1 saturated heterocycles. The Bertz CT molecular complexity index is 688. The van der Waals surface area contributed by atoms with E-state index < -0.39 is 5.82 Å². The molecule has 2 aromatic rings. The van der Waals surface area contributed by atoms with Crippen LogP contribution in [0, 0.1) is 5.82 Å². The van der Waals surface area contributed by atoms with Crippen LogP contribution in [0.3, 0.4) is 0 Å². The third-order valence-electron chi connectivity index (χ3n) is 3.37. The summed E-state index contributed by atoms with van der Waals surface area (Å²) in [6.07, 6.45) is 0. The number of hydrogen-bond acceptors (Lipinski definition) is 2. The Kier molecular flexibility index (Phi) is 3.74. The second kappa shape index (κ2) is 5.85. The fourth-order valence-electron chi connectivity index (χ4n) is 2.26. The number of carbonyl (C=O) groups is 2. The Morgan fingerprint density at radius 2 is 1.68 bits per heavy atom. The predicted octanol–water partition coefficient (Wildman–Crippen LogP) is 2.30. The number of nitrogens with zero attached hydrogens (tertiary/aromatic N) is 2. The molecule has 0 radical (unpaired) electrons. The van der Waals surface area contributed by atoms with E-state index in [2.05, 4.69) is 5.43 Å². The number of hydrogen-bond donors (Lipinski definition) is 1. The number of amides is 3. The maximum absolute atomic E-state index is 12.9. The van der Waals surface area contributed by atoms with Crippen molar-refractivity contribution in [3.8, 4) is 0 Å². The van der Waals surface area contributed by atoms with E-state index in [4.69, 9.17) is 0 Å². The van der Waals surface area contributed by atoms with Gasteiger partial charge in [-0.1, -0.05) is 30.3 Å². The van der Waals surface area contributed by atoms with Gasteiger partial charge >= 0.3 is 6.03 Å². The number of anilines is 1. The van der Waals surface area contributed by atoms with Crippen LogP contribution in [0.4, 0.5) is 14.9 Å². The summed E-state index contributed by atoms with van der Waals surface area (Å²) in [7, 11) is 0. The van der Waals surface area contributed by atoms with E-state index in [1.54, 1.807) is 0 Å². The van der Waals surface area contributed by atoms with Crippen LogP contribution in [0.25, 0.3) is 0 Å². The van der Waals surface area contributed by atoms with Gasteiger partial charge in [0.2, 0.25) is 0 Å². The summed E-state index contributed by atoms with van der Waals surface area (Å²) in [5.74, 6) is -0.674. The molecule has 1 heterocycles.